The molecule has 2 N–H and O–H groups in total. The largest absolute Gasteiger partial charge is 0.481 e. The summed E-state index contributed by atoms with van der Waals surface area (Å²) in [5, 5.41) is 9.37. The normalized spacial score (nSPS) is 12.6. The van der Waals surface area contributed by atoms with Gasteiger partial charge in [0.25, 0.3) is 10.0 Å². The van der Waals surface area contributed by atoms with E-state index in [0.717, 1.165) is 11.3 Å². The molecule has 0 fully saturated rings. The van der Waals surface area contributed by atoms with Gasteiger partial charge in [0.2, 0.25) is 0 Å². The third-order valence-electron chi connectivity index (χ3n) is 2.97. The van der Waals surface area contributed by atoms with Gasteiger partial charge in [0, 0.05) is 13.0 Å². The van der Waals surface area contributed by atoms with Crippen molar-refractivity contribution in [3.05, 3.63) is 11.2 Å². The molecule has 6 nitrogen and oxygen atoms in total. The molecule has 0 unspecified atom stereocenters. The average molecular weight is 320 g/mol. The quantitative estimate of drug-likeness (QED) is 0.764. The van der Waals surface area contributed by atoms with Crippen molar-refractivity contribution in [2.75, 3.05) is 6.54 Å². The molecule has 1 aromatic rings. The molecular weight excluding hydrogens is 300 g/mol. The number of sulfonamides is 1. The number of carboxylic acids is 1. The molecule has 0 aliphatic carbocycles. The molecular formula is C12H20N2O4S2. The third kappa shape index (κ3) is 5.56. The molecule has 1 rings (SSSR count). The average Bonchev–Trinajstić information content (AvgIpc) is 2.74. The van der Waals surface area contributed by atoms with Crippen LogP contribution in [0.5, 0.6) is 0 Å². The molecule has 114 valence electrons. The van der Waals surface area contributed by atoms with E-state index in [1.165, 1.54) is 6.20 Å². The summed E-state index contributed by atoms with van der Waals surface area (Å²) in [5.41, 5.74) is -0.218. The first-order valence-electron chi connectivity index (χ1n) is 6.26. The Kier molecular flexibility index (Phi) is 5.67. The number of carboxylic acid groups (broad SMARTS) is 1. The lowest BCUT2D eigenvalue weighted by Gasteiger charge is -2.23. The van der Waals surface area contributed by atoms with Crippen LogP contribution in [-0.2, 0) is 14.8 Å². The van der Waals surface area contributed by atoms with Crippen LogP contribution in [-0.4, -0.2) is 31.0 Å². The fourth-order valence-electron chi connectivity index (χ4n) is 1.63. The van der Waals surface area contributed by atoms with Crippen molar-refractivity contribution in [2.24, 2.45) is 5.41 Å². The molecule has 0 spiro atoms. The van der Waals surface area contributed by atoms with Crippen molar-refractivity contribution in [2.45, 2.75) is 44.2 Å². The van der Waals surface area contributed by atoms with Gasteiger partial charge in [-0.2, -0.15) is 0 Å². The molecule has 0 radical (unpaired) electrons. The predicted octanol–water partition coefficient (Wildman–Crippen LogP) is 2.01. The van der Waals surface area contributed by atoms with E-state index in [-0.39, 0.29) is 22.6 Å². The van der Waals surface area contributed by atoms with E-state index >= 15 is 0 Å². The molecule has 20 heavy (non-hydrogen) atoms. The lowest BCUT2D eigenvalue weighted by atomic mass is 9.84. The highest BCUT2D eigenvalue weighted by atomic mass is 32.2. The Morgan fingerprint density at radius 2 is 2.10 bits per heavy atom. The van der Waals surface area contributed by atoms with Crippen molar-refractivity contribution in [3.8, 4) is 0 Å². The van der Waals surface area contributed by atoms with Gasteiger partial charge in [-0.1, -0.05) is 13.8 Å². The molecule has 0 bridgehead atoms. The highest BCUT2D eigenvalue weighted by Crippen LogP contribution is 2.26. The Labute approximate surface area is 123 Å². The number of hydrogen-bond donors (Lipinski definition) is 2. The van der Waals surface area contributed by atoms with Crippen molar-refractivity contribution in [1.29, 1.82) is 0 Å². The van der Waals surface area contributed by atoms with Gasteiger partial charge in [0.05, 0.1) is 11.2 Å². The van der Waals surface area contributed by atoms with Crippen molar-refractivity contribution in [1.82, 2.24) is 9.71 Å². The van der Waals surface area contributed by atoms with Gasteiger partial charge in [-0.25, -0.2) is 18.1 Å². The molecule has 0 aliphatic rings. The minimum Gasteiger partial charge on any atom is -0.481 e. The number of aliphatic carboxylic acids is 1. The van der Waals surface area contributed by atoms with Gasteiger partial charge >= 0.3 is 5.97 Å². The van der Waals surface area contributed by atoms with Crippen molar-refractivity contribution >= 4 is 27.3 Å². The maximum Gasteiger partial charge on any atom is 0.303 e. The molecule has 0 atom stereocenters. The van der Waals surface area contributed by atoms with Crippen LogP contribution in [0.15, 0.2) is 10.4 Å². The van der Waals surface area contributed by atoms with Crippen LogP contribution < -0.4 is 4.72 Å². The number of thiazole rings is 1. The van der Waals surface area contributed by atoms with Crippen LogP contribution in [0.25, 0.3) is 0 Å². The lowest BCUT2D eigenvalue weighted by molar-refractivity contribution is -0.137. The maximum absolute atomic E-state index is 12.0. The van der Waals surface area contributed by atoms with Crippen LogP contribution in [0, 0.1) is 12.3 Å². The molecule has 8 heteroatoms. The van der Waals surface area contributed by atoms with E-state index in [0.29, 0.717) is 17.8 Å². The van der Waals surface area contributed by atoms with Crippen molar-refractivity contribution in [3.63, 3.8) is 0 Å². The first-order valence-corrected chi connectivity index (χ1v) is 8.56. The summed E-state index contributed by atoms with van der Waals surface area (Å²) in [5.74, 6) is -0.834. The predicted molar refractivity (Wildman–Crippen MR) is 77.3 cm³/mol. The van der Waals surface area contributed by atoms with E-state index in [9.17, 15) is 13.2 Å². The molecule has 0 saturated carbocycles. The maximum atomic E-state index is 12.0. The molecule has 1 heterocycles. The van der Waals surface area contributed by atoms with Crippen LogP contribution in [0.4, 0.5) is 0 Å². The molecule has 1 aromatic heterocycles. The zero-order valence-corrected chi connectivity index (χ0v) is 13.5. The van der Waals surface area contributed by atoms with Gasteiger partial charge in [-0.05, 0) is 25.2 Å². The summed E-state index contributed by atoms with van der Waals surface area (Å²) in [7, 11) is -3.50. The first kappa shape index (κ1) is 17.1. The monoisotopic (exact) mass is 320 g/mol. The summed E-state index contributed by atoms with van der Waals surface area (Å²) < 4.78 is 26.7. The molecule has 0 saturated heterocycles. The fourth-order valence-corrected chi connectivity index (χ4v) is 3.82. The Hall–Kier alpha value is -0.990. The van der Waals surface area contributed by atoms with Crippen LogP contribution in [0.3, 0.4) is 0 Å². The number of nitrogens with zero attached hydrogens (tertiary/aromatic N) is 1. The van der Waals surface area contributed by atoms with E-state index in [1.54, 1.807) is 6.92 Å². The molecule has 0 amide bonds. The summed E-state index contributed by atoms with van der Waals surface area (Å²) >= 11 is 1.13. The highest BCUT2D eigenvalue weighted by molar-refractivity contribution is 7.91. The summed E-state index contributed by atoms with van der Waals surface area (Å²) in [6.45, 7) is 5.90. The Bertz CT molecular complexity index is 564. The lowest BCUT2D eigenvalue weighted by Crippen LogP contribution is -2.28. The summed E-state index contributed by atoms with van der Waals surface area (Å²) in [4.78, 5) is 14.5. The first-order chi connectivity index (χ1) is 9.12. The summed E-state index contributed by atoms with van der Waals surface area (Å²) in [6.07, 6.45) is 2.53. The topological polar surface area (TPSA) is 96.4 Å². The van der Waals surface area contributed by atoms with Gasteiger partial charge in [-0.3, -0.25) is 4.79 Å². The van der Waals surface area contributed by atoms with Crippen LogP contribution in [0.2, 0.25) is 0 Å². The Balaban J connectivity index is 2.49. The second-order valence-electron chi connectivity index (χ2n) is 5.40. The second kappa shape index (κ2) is 6.64. The third-order valence-corrected chi connectivity index (χ3v) is 5.81. The van der Waals surface area contributed by atoms with Crippen molar-refractivity contribution < 1.29 is 18.3 Å². The van der Waals surface area contributed by atoms with Gasteiger partial charge < -0.3 is 5.11 Å². The minimum atomic E-state index is -3.50. The Morgan fingerprint density at radius 3 is 2.60 bits per heavy atom. The van der Waals surface area contributed by atoms with E-state index in [1.807, 2.05) is 13.8 Å². The smallest absolute Gasteiger partial charge is 0.303 e. The number of aryl methyl sites for hydroxylation is 1. The minimum absolute atomic E-state index is 0.0911. The highest BCUT2D eigenvalue weighted by Gasteiger charge is 2.21. The second-order valence-corrected chi connectivity index (χ2v) is 8.63. The zero-order chi connectivity index (χ0) is 15.4. The van der Waals surface area contributed by atoms with Gasteiger partial charge in [0.1, 0.15) is 0 Å². The summed E-state index contributed by atoms with van der Waals surface area (Å²) in [6, 6.07) is 0. The number of carbonyl (C=O) groups is 1. The van der Waals surface area contributed by atoms with Crippen LogP contribution >= 0.6 is 11.3 Å². The van der Waals surface area contributed by atoms with Gasteiger partial charge in [-0.15, -0.1) is 11.3 Å². The standard InChI is InChI=1S/C12H20N2O4S2/c1-9-13-8-11(19-9)20(17,18)14-7-6-12(2,3)5-4-10(15)16/h8,14H,4-7H2,1-3H3,(H,15,16). The van der Waals surface area contributed by atoms with Gasteiger partial charge in [0.15, 0.2) is 4.21 Å². The van der Waals surface area contributed by atoms with Crippen LogP contribution in [0.1, 0.15) is 38.1 Å². The number of rotatable bonds is 8. The molecule has 0 aromatic carbocycles. The molecule has 0 aliphatic heterocycles. The SMILES string of the molecule is Cc1ncc(S(=O)(=O)NCCC(C)(C)CCC(=O)O)s1. The van der Waals surface area contributed by atoms with E-state index in [4.69, 9.17) is 5.11 Å². The zero-order valence-electron chi connectivity index (χ0n) is 11.8. The number of nitrogens with one attached hydrogen (secondary N) is 1. The number of hydrogen-bond acceptors (Lipinski definition) is 5. The van der Waals surface area contributed by atoms with E-state index in [2.05, 4.69) is 9.71 Å². The van der Waals surface area contributed by atoms with E-state index < -0.39 is 16.0 Å². The fraction of sp³-hybridized carbons (Fsp3) is 0.667. The Morgan fingerprint density at radius 1 is 1.45 bits per heavy atom. The number of aromatic nitrogens is 1.